The van der Waals surface area contributed by atoms with Crippen LogP contribution in [-0.2, 0) is 9.53 Å². The maximum Gasteiger partial charge on any atom is 0.338 e. The lowest BCUT2D eigenvalue weighted by molar-refractivity contribution is -0.119. The highest BCUT2D eigenvalue weighted by Crippen LogP contribution is 2.12. The highest BCUT2D eigenvalue weighted by Gasteiger charge is 2.13. The minimum absolute atomic E-state index is 0.0691. The zero-order valence-electron chi connectivity index (χ0n) is 11.1. The lowest BCUT2D eigenvalue weighted by atomic mass is 10.2. The van der Waals surface area contributed by atoms with E-state index in [9.17, 15) is 22.8 Å². The van der Waals surface area contributed by atoms with Gasteiger partial charge in [0.05, 0.1) is 11.3 Å². The number of esters is 1. The van der Waals surface area contributed by atoms with Gasteiger partial charge >= 0.3 is 5.97 Å². The average Bonchev–Trinajstić information content (AvgIpc) is 2.46. The van der Waals surface area contributed by atoms with Gasteiger partial charge in [0.1, 0.15) is 17.5 Å². The van der Waals surface area contributed by atoms with E-state index in [1.807, 2.05) is 0 Å². The van der Waals surface area contributed by atoms with Crippen molar-refractivity contribution in [3.8, 4) is 0 Å². The van der Waals surface area contributed by atoms with Gasteiger partial charge < -0.3 is 10.1 Å². The number of benzene rings is 2. The second-order valence-electron chi connectivity index (χ2n) is 4.26. The van der Waals surface area contributed by atoms with Crippen LogP contribution in [0.4, 0.5) is 18.9 Å². The molecule has 0 aromatic heterocycles. The summed E-state index contributed by atoms with van der Waals surface area (Å²) in [5.41, 5.74) is -0.434. The van der Waals surface area contributed by atoms with Gasteiger partial charge in [0.25, 0.3) is 5.91 Å². The highest BCUT2D eigenvalue weighted by atomic mass is 19.1. The Labute approximate surface area is 123 Å². The number of ether oxygens (including phenoxy) is 1. The predicted octanol–water partition coefficient (Wildman–Crippen LogP) is 2.90. The molecule has 0 aliphatic carbocycles. The maximum atomic E-state index is 13.3. The molecular weight excluding hydrogens is 299 g/mol. The molecule has 114 valence electrons. The Morgan fingerprint density at radius 1 is 1.00 bits per heavy atom. The fourth-order valence-electron chi connectivity index (χ4n) is 1.63. The fraction of sp³-hybridized carbons (Fsp3) is 0.0667. The topological polar surface area (TPSA) is 55.4 Å². The number of carbonyl (C=O) groups excluding carboxylic acids is 2. The lowest BCUT2D eigenvalue weighted by Gasteiger charge is -2.07. The third kappa shape index (κ3) is 4.08. The van der Waals surface area contributed by atoms with Gasteiger partial charge in [0.15, 0.2) is 6.61 Å². The van der Waals surface area contributed by atoms with Crippen molar-refractivity contribution in [3.05, 3.63) is 65.5 Å². The van der Waals surface area contributed by atoms with Crippen LogP contribution in [-0.4, -0.2) is 18.5 Å². The molecule has 2 rings (SSSR count). The van der Waals surface area contributed by atoms with E-state index in [4.69, 9.17) is 0 Å². The minimum Gasteiger partial charge on any atom is -0.452 e. The Morgan fingerprint density at radius 3 is 2.27 bits per heavy atom. The standard InChI is InChI=1S/C15H10F3NO3/c16-10-5-9(6-11(17)7-10)15(21)22-8-14(20)19-13-4-2-1-3-12(13)18/h1-7H,8H2,(H,19,20). The van der Waals surface area contributed by atoms with E-state index in [0.717, 1.165) is 18.2 Å². The van der Waals surface area contributed by atoms with Crippen molar-refractivity contribution in [1.29, 1.82) is 0 Å². The molecule has 0 atom stereocenters. The predicted molar refractivity (Wildman–Crippen MR) is 71.7 cm³/mol. The number of para-hydroxylation sites is 1. The van der Waals surface area contributed by atoms with Crippen molar-refractivity contribution in [1.82, 2.24) is 0 Å². The first-order chi connectivity index (χ1) is 10.5. The van der Waals surface area contributed by atoms with Gasteiger partial charge in [0.2, 0.25) is 0 Å². The van der Waals surface area contributed by atoms with E-state index < -0.39 is 35.9 Å². The molecule has 0 saturated carbocycles. The van der Waals surface area contributed by atoms with Crippen LogP contribution in [0, 0.1) is 17.5 Å². The molecule has 0 aliphatic heterocycles. The van der Waals surface area contributed by atoms with Gasteiger partial charge in [-0.15, -0.1) is 0 Å². The summed E-state index contributed by atoms with van der Waals surface area (Å²) >= 11 is 0. The van der Waals surface area contributed by atoms with Crippen molar-refractivity contribution >= 4 is 17.6 Å². The molecular formula is C15H10F3NO3. The number of halogens is 3. The Bertz CT molecular complexity index is 699. The molecule has 2 aromatic carbocycles. The van der Waals surface area contributed by atoms with Gasteiger partial charge in [0, 0.05) is 6.07 Å². The summed E-state index contributed by atoms with van der Waals surface area (Å²) in [6.07, 6.45) is 0. The molecule has 0 radical (unpaired) electrons. The van der Waals surface area contributed by atoms with E-state index >= 15 is 0 Å². The quantitative estimate of drug-likeness (QED) is 0.884. The van der Waals surface area contributed by atoms with E-state index in [0.29, 0.717) is 6.07 Å². The molecule has 0 spiro atoms. The number of anilines is 1. The van der Waals surface area contributed by atoms with Crippen LogP contribution in [0.5, 0.6) is 0 Å². The number of hydrogen-bond donors (Lipinski definition) is 1. The van der Waals surface area contributed by atoms with Crippen LogP contribution >= 0.6 is 0 Å². The molecule has 1 N–H and O–H groups in total. The zero-order chi connectivity index (χ0) is 16.1. The number of carbonyl (C=O) groups is 2. The first-order valence-electron chi connectivity index (χ1n) is 6.13. The van der Waals surface area contributed by atoms with Crippen LogP contribution in [0.15, 0.2) is 42.5 Å². The summed E-state index contributed by atoms with van der Waals surface area (Å²) < 4.78 is 43.8. The molecule has 0 aliphatic rings. The van der Waals surface area contributed by atoms with Crippen molar-refractivity contribution in [2.75, 3.05) is 11.9 Å². The summed E-state index contributed by atoms with van der Waals surface area (Å²) in [4.78, 5) is 23.1. The Morgan fingerprint density at radius 2 is 1.64 bits per heavy atom. The summed E-state index contributed by atoms with van der Waals surface area (Å²) in [5, 5.41) is 2.20. The van der Waals surface area contributed by atoms with Crippen LogP contribution in [0.3, 0.4) is 0 Å². The molecule has 0 bridgehead atoms. The normalized spacial score (nSPS) is 10.1. The molecule has 0 fully saturated rings. The summed E-state index contributed by atoms with van der Waals surface area (Å²) in [5.74, 6) is -4.38. The third-order valence-electron chi connectivity index (χ3n) is 2.58. The molecule has 0 heterocycles. The van der Waals surface area contributed by atoms with Gasteiger partial charge in [-0.3, -0.25) is 4.79 Å². The molecule has 22 heavy (non-hydrogen) atoms. The van der Waals surface area contributed by atoms with Gasteiger partial charge in [-0.25, -0.2) is 18.0 Å². The number of nitrogens with one attached hydrogen (secondary N) is 1. The number of hydrogen-bond acceptors (Lipinski definition) is 3. The average molecular weight is 309 g/mol. The van der Waals surface area contributed by atoms with Crippen molar-refractivity contribution in [3.63, 3.8) is 0 Å². The second kappa shape index (κ2) is 6.75. The summed E-state index contributed by atoms with van der Waals surface area (Å²) in [6, 6.07) is 7.60. The van der Waals surface area contributed by atoms with E-state index in [2.05, 4.69) is 10.1 Å². The van der Waals surface area contributed by atoms with Crippen molar-refractivity contribution in [2.24, 2.45) is 0 Å². The van der Waals surface area contributed by atoms with E-state index in [-0.39, 0.29) is 11.3 Å². The largest absolute Gasteiger partial charge is 0.452 e. The molecule has 2 aromatic rings. The summed E-state index contributed by atoms with van der Waals surface area (Å²) in [7, 11) is 0. The molecule has 0 saturated heterocycles. The maximum absolute atomic E-state index is 13.3. The number of rotatable bonds is 4. The third-order valence-corrected chi connectivity index (χ3v) is 2.58. The Balaban J connectivity index is 1.93. The Hall–Kier alpha value is -2.83. The van der Waals surface area contributed by atoms with Crippen molar-refractivity contribution < 1.29 is 27.5 Å². The lowest BCUT2D eigenvalue weighted by Crippen LogP contribution is -2.21. The first-order valence-corrected chi connectivity index (χ1v) is 6.13. The highest BCUT2D eigenvalue weighted by molar-refractivity contribution is 5.95. The van der Waals surface area contributed by atoms with Crippen LogP contribution < -0.4 is 5.32 Å². The fourth-order valence-corrected chi connectivity index (χ4v) is 1.63. The van der Waals surface area contributed by atoms with Crippen LogP contribution in [0.2, 0.25) is 0 Å². The monoisotopic (exact) mass is 309 g/mol. The molecule has 1 amide bonds. The molecule has 0 unspecified atom stereocenters. The van der Waals surface area contributed by atoms with Gasteiger partial charge in [-0.1, -0.05) is 12.1 Å². The van der Waals surface area contributed by atoms with Crippen LogP contribution in [0.1, 0.15) is 10.4 Å². The van der Waals surface area contributed by atoms with Gasteiger partial charge in [-0.05, 0) is 24.3 Å². The van der Waals surface area contributed by atoms with E-state index in [1.54, 1.807) is 0 Å². The van der Waals surface area contributed by atoms with Crippen molar-refractivity contribution in [2.45, 2.75) is 0 Å². The van der Waals surface area contributed by atoms with Crippen LogP contribution in [0.25, 0.3) is 0 Å². The molecule has 7 heteroatoms. The summed E-state index contributed by atoms with van der Waals surface area (Å²) in [6.45, 7) is -0.717. The molecule has 4 nitrogen and oxygen atoms in total. The second-order valence-corrected chi connectivity index (χ2v) is 4.26. The minimum atomic E-state index is -1.07. The Kier molecular flexibility index (Phi) is 4.77. The number of amides is 1. The smallest absolute Gasteiger partial charge is 0.338 e. The van der Waals surface area contributed by atoms with E-state index in [1.165, 1.54) is 18.2 Å². The van der Waals surface area contributed by atoms with Gasteiger partial charge in [-0.2, -0.15) is 0 Å². The SMILES string of the molecule is O=C(COC(=O)c1cc(F)cc(F)c1)Nc1ccccc1F. The zero-order valence-corrected chi connectivity index (χ0v) is 11.1. The first kappa shape index (κ1) is 15.6.